The van der Waals surface area contributed by atoms with Gasteiger partial charge in [0, 0.05) is 31.4 Å². The molecular formula is C14H23F3IN5OS. The first kappa shape index (κ1) is 23.9. The summed E-state index contributed by atoms with van der Waals surface area (Å²) in [6.07, 6.45) is -3.27. The number of aliphatic imine (C=N–C) groups is 1. The van der Waals surface area contributed by atoms with Crippen molar-refractivity contribution >= 4 is 47.2 Å². The third-order valence-electron chi connectivity index (χ3n) is 2.78. The van der Waals surface area contributed by atoms with Crippen LogP contribution in [0, 0.1) is 0 Å². The normalized spacial score (nSPS) is 11.6. The van der Waals surface area contributed by atoms with E-state index < -0.39 is 11.9 Å². The number of aromatic nitrogens is 1. The Morgan fingerprint density at radius 3 is 2.52 bits per heavy atom. The second-order valence-electron chi connectivity index (χ2n) is 4.85. The maximum Gasteiger partial charge on any atom is 0.434 e. The zero-order valence-electron chi connectivity index (χ0n) is 14.1. The fourth-order valence-electron chi connectivity index (χ4n) is 1.65. The van der Waals surface area contributed by atoms with Gasteiger partial charge in [-0.2, -0.15) is 13.2 Å². The molecule has 0 saturated heterocycles. The molecule has 1 rings (SSSR count). The van der Waals surface area contributed by atoms with Crippen molar-refractivity contribution in [2.75, 3.05) is 19.6 Å². The zero-order valence-corrected chi connectivity index (χ0v) is 17.2. The Labute approximate surface area is 166 Å². The van der Waals surface area contributed by atoms with E-state index >= 15 is 0 Å². The molecule has 0 aliphatic rings. The molecule has 0 aromatic carbocycles. The highest BCUT2D eigenvalue weighted by Crippen LogP contribution is 2.30. The summed E-state index contributed by atoms with van der Waals surface area (Å²) in [5.74, 6) is 0.375. The van der Waals surface area contributed by atoms with Crippen LogP contribution in [0.4, 0.5) is 13.2 Å². The molecule has 144 valence electrons. The first-order chi connectivity index (χ1) is 11.4. The van der Waals surface area contributed by atoms with Crippen LogP contribution in [0.2, 0.25) is 0 Å². The van der Waals surface area contributed by atoms with E-state index in [-0.39, 0.29) is 41.4 Å². The summed E-state index contributed by atoms with van der Waals surface area (Å²) in [5.41, 5.74) is -0.900. The summed E-state index contributed by atoms with van der Waals surface area (Å²) in [6.45, 7) is 5.50. The van der Waals surface area contributed by atoms with Crippen molar-refractivity contribution in [3.05, 3.63) is 16.1 Å². The number of nitrogens with zero attached hydrogens (tertiary/aromatic N) is 2. The molecule has 6 nitrogen and oxygen atoms in total. The lowest BCUT2D eigenvalue weighted by Gasteiger charge is -2.10. The molecule has 1 heterocycles. The van der Waals surface area contributed by atoms with Crippen molar-refractivity contribution in [1.29, 1.82) is 0 Å². The number of halogens is 4. The fraction of sp³-hybridized carbons (Fsp3) is 0.643. The molecule has 0 unspecified atom stereocenters. The van der Waals surface area contributed by atoms with Gasteiger partial charge in [0.05, 0.1) is 6.54 Å². The number of carbonyl (C=O) groups is 1. The van der Waals surface area contributed by atoms with Gasteiger partial charge >= 0.3 is 6.18 Å². The van der Waals surface area contributed by atoms with Crippen molar-refractivity contribution in [1.82, 2.24) is 20.9 Å². The van der Waals surface area contributed by atoms with Crippen LogP contribution in [0.15, 0.2) is 10.4 Å². The molecule has 0 spiro atoms. The molecule has 1 amide bonds. The van der Waals surface area contributed by atoms with Crippen LogP contribution in [0.25, 0.3) is 0 Å². The summed E-state index contributed by atoms with van der Waals surface area (Å²) < 4.78 is 37.5. The fourth-order valence-corrected chi connectivity index (χ4v) is 2.37. The first-order valence-corrected chi connectivity index (χ1v) is 8.55. The maximum absolute atomic E-state index is 12.5. The van der Waals surface area contributed by atoms with Gasteiger partial charge < -0.3 is 16.0 Å². The lowest BCUT2D eigenvalue weighted by atomic mass is 10.4. The second-order valence-corrected chi connectivity index (χ2v) is 5.79. The largest absolute Gasteiger partial charge is 0.434 e. The molecular weight excluding hydrogens is 470 g/mol. The number of hydrogen-bond acceptors (Lipinski definition) is 4. The maximum atomic E-state index is 12.5. The quantitative estimate of drug-likeness (QED) is 0.296. The highest BCUT2D eigenvalue weighted by Gasteiger charge is 2.33. The minimum Gasteiger partial charge on any atom is -0.357 e. The average Bonchev–Trinajstić information content (AvgIpc) is 2.99. The van der Waals surface area contributed by atoms with E-state index in [1.807, 2.05) is 13.8 Å². The smallest absolute Gasteiger partial charge is 0.357 e. The van der Waals surface area contributed by atoms with Crippen LogP contribution in [0.1, 0.15) is 37.4 Å². The van der Waals surface area contributed by atoms with E-state index in [4.69, 9.17) is 0 Å². The molecule has 0 radical (unpaired) electrons. The lowest BCUT2D eigenvalue weighted by Crippen LogP contribution is -2.39. The van der Waals surface area contributed by atoms with Gasteiger partial charge in [-0.3, -0.25) is 4.79 Å². The van der Waals surface area contributed by atoms with E-state index in [1.165, 1.54) is 0 Å². The predicted molar refractivity (Wildman–Crippen MR) is 103 cm³/mol. The predicted octanol–water partition coefficient (Wildman–Crippen LogP) is 2.75. The number of rotatable bonds is 8. The number of hydrogen-bond donors (Lipinski definition) is 3. The summed E-state index contributed by atoms with van der Waals surface area (Å²) >= 11 is 0.916. The van der Waals surface area contributed by atoms with E-state index in [9.17, 15) is 18.0 Å². The average molecular weight is 493 g/mol. The number of guanidine groups is 1. The van der Waals surface area contributed by atoms with Crippen LogP contribution in [0.5, 0.6) is 0 Å². The zero-order chi connectivity index (χ0) is 18.0. The number of carbonyl (C=O) groups excluding carboxylic acids is 1. The summed E-state index contributed by atoms with van der Waals surface area (Å²) in [7, 11) is 0. The Morgan fingerprint density at radius 2 is 1.96 bits per heavy atom. The second kappa shape index (κ2) is 12.3. The third kappa shape index (κ3) is 9.82. The highest BCUT2D eigenvalue weighted by atomic mass is 127. The Morgan fingerprint density at radius 1 is 1.24 bits per heavy atom. The molecule has 0 fully saturated rings. The van der Waals surface area contributed by atoms with Gasteiger partial charge in [-0.25, -0.2) is 9.98 Å². The van der Waals surface area contributed by atoms with Crippen LogP contribution >= 0.6 is 35.3 Å². The number of thiazole rings is 1. The lowest BCUT2D eigenvalue weighted by molar-refractivity contribution is -0.140. The van der Waals surface area contributed by atoms with E-state index in [1.54, 1.807) is 0 Å². The van der Waals surface area contributed by atoms with Gasteiger partial charge in [0.2, 0.25) is 5.91 Å². The van der Waals surface area contributed by atoms with E-state index in [2.05, 4.69) is 25.9 Å². The van der Waals surface area contributed by atoms with Crippen LogP contribution in [0.3, 0.4) is 0 Å². The Balaban J connectivity index is 0.00000576. The minimum atomic E-state index is -4.44. The molecule has 1 aromatic rings. The molecule has 0 atom stereocenters. The van der Waals surface area contributed by atoms with Crippen molar-refractivity contribution in [2.24, 2.45) is 4.99 Å². The number of amides is 1. The molecule has 25 heavy (non-hydrogen) atoms. The van der Waals surface area contributed by atoms with Crippen LogP contribution < -0.4 is 16.0 Å². The Kier molecular flexibility index (Phi) is 11.7. The van der Waals surface area contributed by atoms with E-state index in [0.29, 0.717) is 32.0 Å². The molecule has 11 heteroatoms. The van der Waals surface area contributed by atoms with Crippen LogP contribution in [-0.4, -0.2) is 36.5 Å². The molecule has 0 aliphatic carbocycles. The van der Waals surface area contributed by atoms with Gasteiger partial charge in [-0.05, 0) is 13.3 Å². The first-order valence-electron chi connectivity index (χ1n) is 7.67. The van der Waals surface area contributed by atoms with Crippen molar-refractivity contribution in [3.8, 4) is 0 Å². The van der Waals surface area contributed by atoms with Gasteiger partial charge in [0.1, 0.15) is 5.01 Å². The summed E-state index contributed by atoms with van der Waals surface area (Å²) in [4.78, 5) is 19.2. The summed E-state index contributed by atoms with van der Waals surface area (Å²) in [6, 6.07) is 0. The number of nitrogens with one attached hydrogen (secondary N) is 3. The monoisotopic (exact) mass is 493 g/mol. The van der Waals surface area contributed by atoms with Crippen molar-refractivity contribution in [3.63, 3.8) is 0 Å². The van der Waals surface area contributed by atoms with Crippen molar-refractivity contribution in [2.45, 2.75) is 39.4 Å². The Hall–Kier alpha value is -1.11. The third-order valence-corrected chi connectivity index (χ3v) is 3.61. The number of alkyl halides is 3. The molecule has 0 saturated carbocycles. The molecule has 3 N–H and O–H groups in total. The van der Waals surface area contributed by atoms with Crippen molar-refractivity contribution < 1.29 is 18.0 Å². The highest BCUT2D eigenvalue weighted by molar-refractivity contribution is 14.0. The Bertz CT molecular complexity index is 551. The molecule has 1 aromatic heterocycles. The van der Waals surface area contributed by atoms with Gasteiger partial charge in [-0.1, -0.05) is 6.92 Å². The molecule has 0 bridgehead atoms. The molecule has 0 aliphatic heterocycles. The summed E-state index contributed by atoms with van der Waals surface area (Å²) in [5, 5.41) is 9.95. The van der Waals surface area contributed by atoms with Gasteiger partial charge in [0.15, 0.2) is 11.7 Å². The minimum absolute atomic E-state index is 0. The standard InChI is InChI=1S/C14H22F3N5OS.HI/c1-3-6-19-11(23)5-7-20-13(18-4-2)21-8-12-22-10(9-24-12)14(15,16)17;/h9H,3-8H2,1-2H3,(H,19,23)(H2,18,20,21);1H. The van der Waals surface area contributed by atoms with Crippen LogP contribution in [-0.2, 0) is 17.5 Å². The van der Waals surface area contributed by atoms with Gasteiger partial charge in [0.25, 0.3) is 0 Å². The van der Waals surface area contributed by atoms with Gasteiger partial charge in [-0.15, -0.1) is 35.3 Å². The SMILES string of the molecule is CCCNC(=O)CCNC(=NCc1nc(C(F)(F)F)cs1)NCC.I. The topological polar surface area (TPSA) is 78.4 Å². The van der Waals surface area contributed by atoms with E-state index in [0.717, 1.165) is 23.1 Å².